The fraction of sp³-hybridized carbons (Fsp3) is 0.375. The number of piperidine rings is 1. The van der Waals surface area contributed by atoms with E-state index in [0.29, 0.717) is 25.9 Å². The van der Waals surface area contributed by atoms with Crippen molar-refractivity contribution < 1.29 is 23.2 Å². The maximum absolute atomic E-state index is 13.5. The van der Waals surface area contributed by atoms with Gasteiger partial charge >= 0.3 is 0 Å². The van der Waals surface area contributed by atoms with Gasteiger partial charge in [0.1, 0.15) is 17.7 Å². The van der Waals surface area contributed by atoms with Crippen LogP contribution in [0.25, 0.3) is 0 Å². The molecular formula is C24H25F2N3O3. The molecule has 1 heterocycles. The summed E-state index contributed by atoms with van der Waals surface area (Å²) in [6, 6.07) is 10.1. The first-order valence-corrected chi connectivity index (χ1v) is 10.8. The van der Waals surface area contributed by atoms with Crippen molar-refractivity contribution in [2.75, 3.05) is 13.1 Å². The highest BCUT2D eigenvalue weighted by molar-refractivity contribution is 5.98. The summed E-state index contributed by atoms with van der Waals surface area (Å²) in [6.07, 6.45) is 2.89. The number of likely N-dealkylation sites (tertiary alicyclic amines) is 1. The zero-order valence-corrected chi connectivity index (χ0v) is 17.5. The van der Waals surface area contributed by atoms with Gasteiger partial charge in [0, 0.05) is 30.3 Å². The quantitative estimate of drug-likeness (QED) is 0.724. The lowest BCUT2D eigenvalue weighted by Gasteiger charge is -2.36. The third-order valence-electron chi connectivity index (χ3n) is 5.97. The zero-order chi connectivity index (χ0) is 22.7. The first-order valence-electron chi connectivity index (χ1n) is 10.8. The standard InChI is InChI=1S/C24H25F2N3O3/c25-18-6-4-16(5-7-18)22(30)28-21(23(31)27-20-8-9-20)15-10-12-29(13-11-15)24(32)17-2-1-3-19(26)14-17/h1-7,14-15,20-21H,8-13H2,(H,27,31)(H,28,30)/t21-/m0/s1. The van der Waals surface area contributed by atoms with E-state index in [4.69, 9.17) is 0 Å². The van der Waals surface area contributed by atoms with Gasteiger partial charge in [-0.05, 0) is 74.1 Å². The summed E-state index contributed by atoms with van der Waals surface area (Å²) in [6.45, 7) is 0.805. The van der Waals surface area contributed by atoms with Crippen LogP contribution in [0, 0.1) is 17.6 Å². The number of hydrogen-bond donors (Lipinski definition) is 2. The van der Waals surface area contributed by atoms with Crippen LogP contribution in [0.2, 0.25) is 0 Å². The molecule has 2 aliphatic rings. The van der Waals surface area contributed by atoms with E-state index in [-0.39, 0.29) is 34.9 Å². The number of hydrogen-bond acceptors (Lipinski definition) is 3. The van der Waals surface area contributed by atoms with Gasteiger partial charge in [-0.15, -0.1) is 0 Å². The second-order valence-corrected chi connectivity index (χ2v) is 8.38. The van der Waals surface area contributed by atoms with Crippen molar-refractivity contribution in [1.82, 2.24) is 15.5 Å². The number of halogens is 2. The molecule has 0 unspecified atom stereocenters. The summed E-state index contributed by atoms with van der Waals surface area (Å²) >= 11 is 0. The maximum atomic E-state index is 13.5. The lowest BCUT2D eigenvalue weighted by Crippen LogP contribution is -2.54. The lowest BCUT2D eigenvalue weighted by atomic mass is 9.88. The number of nitrogens with one attached hydrogen (secondary N) is 2. The molecule has 2 N–H and O–H groups in total. The minimum Gasteiger partial charge on any atom is -0.352 e. The topological polar surface area (TPSA) is 78.5 Å². The van der Waals surface area contributed by atoms with Crippen LogP contribution >= 0.6 is 0 Å². The summed E-state index contributed by atoms with van der Waals surface area (Å²) in [5, 5.41) is 5.76. The highest BCUT2D eigenvalue weighted by atomic mass is 19.1. The smallest absolute Gasteiger partial charge is 0.253 e. The largest absolute Gasteiger partial charge is 0.352 e. The predicted octanol–water partition coefficient (Wildman–Crippen LogP) is 2.89. The number of benzene rings is 2. The molecule has 1 saturated carbocycles. The maximum Gasteiger partial charge on any atom is 0.253 e. The Balaban J connectivity index is 1.42. The number of amides is 3. The van der Waals surface area contributed by atoms with Gasteiger partial charge in [0.25, 0.3) is 11.8 Å². The highest BCUT2D eigenvalue weighted by Gasteiger charge is 2.36. The zero-order valence-electron chi connectivity index (χ0n) is 17.5. The van der Waals surface area contributed by atoms with Crippen molar-refractivity contribution in [3.05, 3.63) is 71.3 Å². The van der Waals surface area contributed by atoms with E-state index in [2.05, 4.69) is 10.6 Å². The summed E-state index contributed by atoms with van der Waals surface area (Å²) in [7, 11) is 0. The third-order valence-corrected chi connectivity index (χ3v) is 5.97. The molecule has 168 valence electrons. The average Bonchev–Trinajstić information content (AvgIpc) is 3.61. The Morgan fingerprint density at radius 2 is 1.56 bits per heavy atom. The fourth-order valence-electron chi connectivity index (χ4n) is 3.98. The van der Waals surface area contributed by atoms with Crippen molar-refractivity contribution in [2.24, 2.45) is 5.92 Å². The molecule has 2 aromatic rings. The molecule has 1 aliphatic heterocycles. The molecule has 1 saturated heterocycles. The molecule has 6 nitrogen and oxygen atoms in total. The molecule has 1 aliphatic carbocycles. The summed E-state index contributed by atoms with van der Waals surface area (Å²) in [5.74, 6) is -2.00. The van der Waals surface area contributed by atoms with Crippen LogP contribution in [0.1, 0.15) is 46.4 Å². The monoisotopic (exact) mass is 441 g/mol. The molecule has 32 heavy (non-hydrogen) atoms. The van der Waals surface area contributed by atoms with E-state index >= 15 is 0 Å². The van der Waals surface area contributed by atoms with Crippen LogP contribution in [0.3, 0.4) is 0 Å². The van der Waals surface area contributed by atoms with E-state index in [0.717, 1.165) is 12.8 Å². The molecule has 0 aromatic heterocycles. The average molecular weight is 441 g/mol. The van der Waals surface area contributed by atoms with Crippen LogP contribution in [0.15, 0.2) is 48.5 Å². The van der Waals surface area contributed by atoms with Gasteiger partial charge < -0.3 is 15.5 Å². The molecule has 0 bridgehead atoms. The Labute approximate surface area is 185 Å². The van der Waals surface area contributed by atoms with Gasteiger partial charge in [0.05, 0.1) is 0 Å². The molecular weight excluding hydrogens is 416 g/mol. The van der Waals surface area contributed by atoms with Gasteiger partial charge in [-0.1, -0.05) is 6.07 Å². The number of carbonyl (C=O) groups excluding carboxylic acids is 3. The summed E-state index contributed by atoms with van der Waals surface area (Å²) in [5.41, 5.74) is 0.561. The number of nitrogens with zero attached hydrogens (tertiary/aromatic N) is 1. The van der Waals surface area contributed by atoms with E-state index in [9.17, 15) is 23.2 Å². The summed E-state index contributed by atoms with van der Waals surface area (Å²) in [4.78, 5) is 39.9. The van der Waals surface area contributed by atoms with Crippen LogP contribution in [-0.4, -0.2) is 47.8 Å². The fourth-order valence-corrected chi connectivity index (χ4v) is 3.98. The van der Waals surface area contributed by atoms with Crippen LogP contribution in [0.4, 0.5) is 8.78 Å². The normalized spacial score (nSPS) is 17.5. The SMILES string of the molecule is O=C(N[C@H](C(=O)NC1CC1)C1CCN(C(=O)c2cccc(F)c2)CC1)c1ccc(F)cc1. The Kier molecular flexibility index (Phi) is 6.48. The molecule has 2 fully saturated rings. The first-order chi connectivity index (χ1) is 15.4. The Morgan fingerprint density at radius 3 is 2.19 bits per heavy atom. The van der Waals surface area contributed by atoms with Gasteiger partial charge in [0.2, 0.25) is 5.91 Å². The lowest BCUT2D eigenvalue weighted by molar-refractivity contribution is -0.124. The number of carbonyl (C=O) groups is 3. The Bertz CT molecular complexity index is 1000. The van der Waals surface area contributed by atoms with Crippen LogP contribution in [0.5, 0.6) is 0 Å². The van der Waals surface area contributed by atoms with E-state index in [1.807, 2.05) is 0 Å². The van der Waals surface area contributed by atoms with Crippen LogP contribution < -0.4 is 10.6 Å². The molecule has 0 spiro atoms. The van der Waals surface area contributed by atoms with E-state index in [1.165, 1.54) is 42.5 Å². The Morgan fingerprint density at radius 1 is 0.875 bits per heavy atom. The molecule has 4 rings (SSSR count). The minimum absolute atomic E-state index is 0.141. The van der Waals surface area contributed by atoms with E-state index < -0.39 is 23.6 Å². The van der Waals surface area contributed by atoms with E-state index in [1.54, 1.807) is 11.0 Å². The Hall–Kier alpha value is -3.29. The minimum atomic E-state index is -0.750. The molecule has 8 heteroatoms. The van der Waals surface area contributed by atoms with Gasteiger partial charge in [-0.2, -0.15) is 0 Å². The third kappa shape index (κ3) is 5.30. The first kappa shape index (κ1) is 21.9. The van der Waals surface area contributed by atoms with Crippen molar-refractivity contribution in [2.45, 2.75) is 37.8 Å². The van der Waals surface area contributed by atoms with Crippen LogP contribution in [-0.2, 0) is 4.79 Å². The molecule has 3 amide bonds. The van der Waals surface area contributed by atoms with Gasteiger partial charge in [-0.3, -0.25) is 14.4 Å². The number of rotatable bonds is 6. The predicted molar refractivity (Wildman–Crippen MR) is 114 cm³/mol. The van der Waals surface area contributed by atoms with Crippen molar-refractivity contribution in [3.63, 3.8) is 0 Å². The van der Waals surface area contributed by atoms with Crippen molar-refractivity contribution in [1.29, 1.82) is 0 Å². The molecule has 1 atom stereocenters. The molecule has 2 aromatic carbocycles. The highest BCUT2D eigenvalue weighted by Crippen LogP contribution is 2.25. The summed E-state index contributed by atoms with van der Waals surface area (Å²) < 4.78 is 26.6. The molecule has 0 radical (unpaired) electrons. The van der Waals surface area contributed by atoms with Gasteiger partial charge in [0.15, 0.2) is 0 Å². The second kappa shape index (κ2) is 9.46. The second-order valence-electron chi connectivity index (χ2n) is 8.38. The van der Waals surface area contributed by atoms with Crippen molar-refractivity contribution >= 4 is 17.7 Å². The van der Waals surface area contributed by atoms with Crippen molar-refractivity contribution in [3.8, 4) is 0 Å². The van der Waals surface area contributed by atoms with Gasteiger partial charge in [-0.25, -0.2) is 8.78 Å².